The van der Waals surface area contributed by atoms with Gasteiger partial charge in [0.1, 0.15) is 11.4 Å². The fraction of sp³-hybridized carbons (Fsp3) is 0.231. The van der Waals surface area contributed by atoms with Crippen LogP contribution in [0.15, 0.2) is 41.6 Å². The molecule has 2 aromatic rings. The maximum Gasteiger partial charge on any atom is 0.236 e. The number of rotatable bonds is 4. The SMILES string of the molecule is COc1nccnc1CS(=O)(=O)c1ccc(C)cc1. The number of nitrogens with zero attached hydrogens (tertiary/aromatic N) is 2. The van der Waals surface area contributed by atoms with Crippen LogP contribution in [0, 0.1) is 6.92 Å². The van der Waals surface area contributed by atoms with E-state index in [1.165, 1.54) is 19.5 Å². The lowest BCUT2D eigenvalue weighted by Gasteiger charge is -2.07. The Morgan fingerprint density at radius 1 is 1.11 bits per heavy atom. The van der Waals surface area contributed by atoms with E-state index in [4.69, 9.17) is 4.74 Å². The Balaban J connectivity index is 2.34. The van der Waals surface area contributed by atoms with Gasteiger partial charge in [0, 0.05) is 12.4 Å². The third-order valence-electron chi connectivity index (χ3n) is 2.64. The number of hydrogen-bond donors (Lipinski definition) is 0. The molecular formula is C13H14N2O3S. The van der Waals surface area contributed by atoms with Gasteiger partial charge in [-0.1, -0.05) is 17.7 Å². The first-order valence-electron chi connectivity index (χ1n) is 5.66. The lowest BCUT2D eigenvalue weighted by molar-refractivity contribution is 0.391. The molecule has 5 nitrogen and oxygen atoms in total. The fourth-order valence-electron chi connectivity index (χ4n) is 1.63. The topological polar surface area (TPSA) is 69.2 Å². The van der Waals surface area contributed by atoms with Gasteiger partial charge < -0.3 is 4.74 Å². The third kappa shape index (κ3) is 3.08. The molecule has 1 aromatic heterocycles. The molecule has 0 atom stereocenters. The summed E-state index contributed by atoms with van der Waals surface area (Å²) in [5.74, 6) is 0.00534. The molecule has 0 aliphatic heterocycles. The molecule has 0 aliphatic carbocycles. The number of sulfone groups is 1. The van der Waals surface area contributed by atoms with Crippen molar-refractivity contribution in [3.63, 3.8) is 0 Å². The van der Waals surface area contributed by atoms with Gasteiger partial charge in [-0.05, 0) is 19.1 Å². The molecule has 0 N–H and O–H groups in total. The second-order valence-corrected chi connectivity index (χ2v) is 6.07. The van der Waals surface area contributed by atoms with Gasteiger partial charge >= 0.3 is 0 Å². The Hall–Kier alpha value is -1.95. The van der Waals surface area contributed by atoms with Crippen LogP contribution in [0.2, 0.25) is 0 Å². The van der Waals surface area contributed by atoms with Crippen molar-refractivity contribution in [2.75, 3.05) is 7.11 Å². The summed E-state index contributed by atoms with van der Waals surface area (Å²) < 4.78 is 29.5. The zero-order chi connectivity index (χ0) is 13.9. The molecule has 0 bridgehead atoms. The van der Waals surface area contributed by atoms with Gasteiger partial charge in [0.25, 0.3) is 0 Å². The highest BCUT2D eigenvalue weighted by Crippen LogP contribution is 2.20. The van der Waals surface area contributed by atoms with Crippen LogP contribution in [0.3, 0.4) is 0 Å². The highest BCUT2D eigenvalue weighted by molar-refractivity contribution is 7.90. The summed E-state index contributed by atoms with van der Waals surface area (Å²) in [7, 11) is -2.01. The van der Waals surface area contributed by atoms with Crippen LogP contribution in [0.4, 0.5) is 0 Å². The van der Waals surface area contributed by atoms with Crippen molar-refractivity contribution in [2.45, 2.75) is 17.6 Å². The van der Waals surface area contributed by atoms with E-state index in [1.54, 1.807) is 24.3 Å². The van der Waals surface area contributed by atoms with Gasteiger partial charge in [0.05, 0.1) is 12.0 Å². The molecule has 1 heterocycles. The molecule has 19 heavy (non-hydrogen) atoms. The lowest BCUT2D eigenvalue weighted by Crippen LogP contribution is -2.08. The second-order valence-electron chi connectivity index (χ2n) is 4.08. The summed E-state index contributed by atoms with van der Waals surface area (Å²) in [5.41, 5.74) is 1.32. The highest BCUT2D eigenvalue weighted by Gasteiger charge is 2.19. The summed E-state index contributed by atoms with van der Waals surface area (Å²) in [6, 6.07) is 6.71. The molecule has 0 unspecified atom stereocenters. The molecule has 0 aliphatic rings. The minimum atomic E-state index is -3.45. The molecule has 100 valence electrons. The van der Waals surface area contributed by atoms with Gasteiger partial charge in [-0.15, -0.1) is 0 Å². The summed E-state index contributed by atoms with van der Waals surface area (Å²) in [4.78, 5) is 8.22. The first kappa shape index (κ1) is 13.5. The Morgan fingerprint density at radius 3 is 2.37 bits per heavy atom. The van der Waals surface area contributed by atoms with Crippen molar-refractivity contribution in [3.05, 3.63) is 47.9 Å². The van der Waals surface area contributed by atoms with Crippen molar-refractivity contribution in [2.24, 2.45) is 0 Å². The average molecular weight is 278 g/mol. The van der Waals surface area contributed by atoms with Crippen molar-refractivity contribution in [3.8, 4) is 5.88 Å². The summed E-state index contributed by atoms with van der Waals surface area (Å²) in [6.45, 7) is 1.90. The first-order chi connectivity index (χ1) is 9.03. The van der Waals surface area contributed by atoms with E-state index in [9.17, 15) is 8.42 Å². The molecule has 2 rings (SSSR count). The van der Waals surface area contributed by atoms with Gasteiger partial charge in [0.2, 0.25) is 5.88 Å². The molecule has 0 radical (unpaired) electrons. The monoisotopic (exact) mass is 278 g/mol. The summed E-state index contributed by atoms with van der Waals surface area (Å²) in [6.07, 6.45) is 2.91. The number of aromatic nitrogens is 2. The van der Waals surface area contributed by atoms with Crippen LogP contribution < -0.4 is 4.74 Å². The number of methoxy groups -OCH3 is 1. The molecule has 0 fully saturated rings. The van der Waals surface area contributed by atoms with E-state index in [0.29, 0.717) is 5.69 Å². The minimum absolute atomic E-state index is 0.229. The average Bonchev–Trinajstić information content (AvgIpc) is 2.39. The molecule has 0 spiro atoms. The van der Waals surface area contributed by atoms with Crippen molar-refractivity contribution in [1.82, 2.24) is 9.97 Å². The normalized spacial score (nSPS) is 11.3. The Labute approximate surface area is 112 Å². The molecule has 1 aromatic carbocycles. The predicted octanol–water partition coefficient (Wildman–Crippen LogP) is 1.77. The quantitative estimate of drug-likeness (QED) is 0.852. The Morgan fingerprint density at radius 2 is 1.74 bits per heavy atom. The molecule has 6 heteroatoms. The van der Waals surface area contributed by atoms with Crippen molar-refractivity contribution in [1.29, 1.82) is 0 Å². The fourth-order valence-corrected chi connectivity index (χ4v) is 2.91. The summed E-state index contributed by atoms with van der Waals surface area (Å²) >= 11 is 0. The van der Waals surface area contributed by atoms with E-state index >= 15 is 0 Å². The van der Waals surface area contributed by atoms with Crippen LogP contribution >= 0.6 is 0 Å². The zero-order valence-corrected chi connectivity index (χ0v) is 11.5. The van der Waals surface area contributed by atoms with Crippen LogP contribution in [0.5, 0.6) is 5.88 Å². The van der Waals surface area contributed by atoms with E-state index < -0.39 is 9.84 Å². The number of aryl methyl sites for hydroxylation is 1. The van der Waals surface area contributed by atoms with Crippen LogP contribution in [0.25, 0.3) is 0 Å². The van der Waals surface area contributed by atoms with Gasteiger partial charge in [-0.2, -0.15) is 0 Å². The molecule has 0 amide bonds. The standard InChI is InChI=1S/C13H14N2O3S/c1-10-3-5-11(6-4-10)19(16,17)9-12-13(18-2)15-8-7-14-12/h3-8H,9H2,1-2H3. The number of benzene rings is 1. The van der Waals surface area contributed by atoms with Crippen LogP contribution in [-0.2, 0) is 15.6 Å². The number of ether oxygens (including phenoxy) is 1. The van der Waals surface area contributed by atoms with Gasteiger partial charge in [-0.3, -0.25) is 4.98 Å². The predicted molar refractivity (Wildman–Crippen MR) is 70.7 cm³/mol. The molecule has 0 saturated carbocycles. The maximum absolute atomic E-state index is 12.3. The van der Waals surface area contributed by atoms with Crippen LogP contribution in [-0.4, -0.2) is 25.5 Å². The van der Waals surface area contributed by atoms with E-state index in [2.05, 4.69) is 9.97 Å². The number of hydrogen-bond acceptors (Lipinski definition) is 5. The highest BCUT2D eigenvalue weighted by atomic mass is 32.2. The third-order valence-corrected chi connectivity index (χ3v) is 4.28. The van der Waals surface area contributed by atoms with E-state index in [-0.39, 0.29) is 16.5 Å². The van der Waals surface area contributed by atoms with Crippen molar-refractivity contribution >= 4 is 9.84 Å². The first-order valence-corrected chi connectivity index (χ1v) is 7.31. The van der Waals surface area contributed by atoms with Crippen molar-refractivity contribution < 1.29 is 13.2 Å². The minimum Gasteiger partial charge on any atom is -0.480 e. The smallest absolute Gasteiger partial charge is 0.236 e. The second kappa shape index (κ2) is 5.36. The van der Waals surface area contributed by atoms with Crippen LogP contribution in [0.1, 0.15) is 11.3 Å². The lowest BCUT2D eigenvalue weighted by atomic mass is 10.2. The van der Waals surface area contributed by atoms with E-state index in [0.717, 1.165) is 5.56 Å². The zero-order valence-electron chi connectivity index (χ0n) is 10.7. The Kier molecular flexibility index (Phi) is 3.80. The Bertz CT molecular complexity index is 667. The largest absolute Gasteiger partial charge is 0.480 e. The maximum atomic E-state index is 12.3. The summed E-state index contributed by atoms with van der Waals surface area (Å²) in [5, 5.41) is 0. The van der Waals surface area contributed by atoms with Gasteiger partial charge in [-0.25, -0.2) is 13.4 Å². The van der Waals surface area contributed by atoms with E-state index in [1.807, 2.05) is 6.92 Å². The molecule has 0 saturated heterocycles. The molecular weight excluding hydrogens is 264 g/mol. The van der Waals surface area contributed by atoms with Gasteiger partial charge in [0.15, 0.2) is 9.84 Å².